The van der Waals surface area contributed by atoms with Crippen molar-refractivity contribution in [2.75, 3.05) is 13.1 Å². The molecule has 5 heteroatoms. The van der Waals surface area contributed by atoms with Gasteiger partial charge in [0.1, 0.15) is 5.82 Å². The van der Waals surface area contributed by atoms with Gasteiger partial charge in [-0.25, -0.2) is 9.37 Å². The maximum absolute atomic E-state index is 12.9. The minimum atomic E-state index is -0.314. The monoisotopic (exact) mass is 287 g/mol. The Morgan fingerprint density at radius 1 is 1.24 bits per heavy atom. The Morgan fingerprint density at radius 2 is 1.95 bits per heavy atom. The Balaban J connectivity index is 1.55. The van der Waals surface area contributed by atoms with Gasteiger partial charge < -0.3 is 9.47 Å². The van der Waals surface area contributed by atoms with Crippen molar-refractivity contribution in [3.05, 3.63) is 54.4 Å². The van der Waals surface area contributed by atoms with E-state index < -0.39 is 0 Å². The Morgan fingerprint density at radius 3 is 2.57 bits per heavy atom. The molecule has 0 atom stereocenters. The summed E-state index contributed by atoms with van der Waals surface area (Å²) >= 11 is 0. The third kappa shape index (κ3) is 3.29. The number of carbonyl (C=O) groups is 1. The third-order valence-corrected chi connectivity index (χ3v) is 4.02. The van der Waals surface area contributed by atoms with Gasteiger partial charge in [-0.05, 0) is 43.0 Å². The molecule has 0 aliphatic carbocycles. The smallest absolute Gasteiger partial charge is 0.253 e. The SMILES string of the molecule is O=C(c1ccc(F)cc1)N1CCC(Cn2ccnc2)CC1. The van der Waals surface area contributed by atoms with Crippen molar-refractivity contribution in [1.29, 1.82) is 0 Å². The molecule has 1 aliphatic heterocycles. The molecule has 0 N–H and O–H groups in total. The Bertz CT molecular complexity index is 586. The van der Waals surface area contributed by atoms with E-state index >= 15 is 0 Å². The van der Waals surface area contributed by atoms with Crippen LogP contribution in [0.3, 0.4) is 0 Å². The van der Waals surface area contributed by atoms with Crippen molar-refractivity contribution in [1.82, 2.24) is 14.5 Å². The lowest BCUT2D eigenvalue weighted by molar-refractivity contribution is 0.0683. The zero-order valence-electron chi connectivity index (χ0n) is 11.8. The predicted octanol–water partition coefficient (Wildman–Crippen LogP) is 2.57. The number of aromatic nitrogens is 2. The number of nitrogens with zero attached hydrogens (tertiary/aromatic N) is 3. The van der Waals surface area contributed by atoms with Crippen LogP contribution in [0.1, 0.15) is 23.2 Å². The average molecular weight is 287 g/mol. The molecule has 110 valence electrons. The number of piperidine rings is 1. The lowest BCUT2D eigenvalue weighted by atomic mass is 9.96. The topological polar surface area (TPSA) is 38.1 Å². The van der Waals surface area contributed by atoms with Crippen LogP contribution >= 0.6 is 0 Å². The summed E-state index contributed by atoms with van der Waals surface area (Å²) in [5.41, 5.74) is 0.560. The Kier molecular flexibility index (Phi) is 3.99. The second kappa shape index (κ2) is 6.08. The van der Waals surface area contributed by atoms with E-state index in [-0.39, 0.29) is 11.7 Å². The van der Waals surface area contributed by atoms with E-state index in [1.165, 1.54) is 12.1 Å². The minimum Gasteiger partial charge on any atom is -0.339 e. The average Bonchev–Trinajstić information content (AvgIpc) is 3.01. The fourth-order valence-electron chi connectivity index (χ4n) is 2.79. The molecular weight excluding hydrogens is 269 g/mol. The van der Waals surface area contributed by atoms with E-state index in [2.05, 4.69) is 9.55 Å². The summed E-state index contributed by atoms with van der Waals surface area (Å²) in [5, 5.41) is 0. The zero-order chi connectivity index (χ0) is 14.7. The molecule has 0 saturated carbocycles. The van der Waals surface area contributed by atoms with Gasteiger partial charge in [-0.1, -0.05) is 0 Å². The molecule has 1 aromatic carbocycles. The second-order valence-electron chi connectivity index (χ2n) is 5.50. The van der Waals surface area contributed by atoms with Gasteiger partial charge in [0.25, 0.3) is 5.91 Å². The zero-order valence-corrected chi connectivity index (χ0v) is 11.8. The van der Waals surface area contributed by atoms with Gasteiger partial charge in [0.05, 0.1) is 6.33 Å². The number of benzene rings is 1. The maximum atomic E-state index is 12.9. The van der Waals surface area contributed by atoms with Gasteiger partial charge in [0, 0.05) is 37.6 Å². The number of rotatable bonds is 3. The summed E-state index contributed by atoms with van der Waals surface area (Å²) in [4.78, 5) is 18.2. The molecule has 1 aromatic heterocycles. The van der Waals surface area contributed by atoms with Crippen LogP contribution in [0.5, 0.6) is 0 Å². The van der Waals surface area contributed by atoms with Crippen LogP contribution in [0.2, 0.25) is 0 Å². The third-order valence-electron chi connectivity index (χ3n) is 4.02. The fraction of sp³-hybridized carbons (Fsp3) is 0.375. The summed E-state index contributed by atoms with van der Waals surface area (Å²) in [6.45, 7) is 2.48. The normalized spacial score (nSPS) is 16.1. The Labute approximate surface area is 123 Å². The number of carbonyl (C=O) groups excluding carboxylic acids is 1. The van der Waals surface area contributed by atoms with E-state index in [4.69, 9.17) is 0 Å². The first-order valence-electron chi connectivity index (χ1n) is 7.23. The molecule has 21 heavy (non-hydrogen) atoms. The van der Waals surface area contributed by atoms with Crippen molar-refractivity contribution in [3.63, 3.8) is 0 Å². The quantitative estimate of drug-likeness (QED) is 0.870. The largest absolute Gasteiger partial charge is 0.339 e. The van der Waals surface area contributed by atoms with Crippen LogP contribution in [0.25, 0.3) is 0 Å². The highest BCUT2D eigenvalue weighted by atomic mass is 19.1. The Hall–Kier alpha value is -2.17. The highest BCUT2D eigenvalue weighted by molar-refractivity contribution is 5.94. The number of halogens is 1. The molecule has 0 bridgehead atoms. The molecule has 1 saturated heterocycles. The maximum Gasteiger partial charge on any atom is 0.253 e. The number of amides is 1. The molecular formula is C16H18FN3O. The van der Waals surface area contributed by atoms with Crippen molar-refractivity contribution >= 4 is 5.91 Å². The van der Waals surface area contributed by atoms with Crippen LogP contribution in [-0.2, 0) is 6.54 Å². The summed E-state index contributed by atoms with van der Waals surface area (Å²) in [6.07, 6.45) is 7.56. The van der Waals surface area contributed by atoms with Crippen LogP contribution in [0.4, 0.5) is 4.39 Å². The van der Waals surface area contributed by atoms with Gasteiger partial charge >= 0.3 is 0 Å². The van der Waals surface area contributed by atoms with Crippen LogP contribution < -0.4 is 0 Å². The molecule has 0 spiro atoms. The van der Waals surface area contributed by atoms with Gasteiger partial charge in [-0.2, -0.15) is 0 Å². The van der Waals surface area contributed by atoms with Crippen molar-refractivity contribution < 1.29 is 9.18 Å². The van der Waals surface area contributed by atoms with Gasteiger partial charge in [-0.3, -0.25) is 4.79 Å². The highest BCUT2D eigenvalue weighted by Gasteiger charge is 2.23. The van der Waals surface area contributed by atoms with E-state index in [1.54, 1.807) is 18.3 Å². The van der Waals surface area contributed by atoms with Crippen LogP contribution in [-0.4, -0.2) is 33.4 Å². The molecule has 0 unspecified atom stereocenters. The summed E-state index contributed by atoms with van der Waals surface area (Å²) < 4.78 is 15.0. The summed E-state index contributed by atoms with van der Waals surface area (Å²) in [6, 6.07) is 5.77. The molecule has 2 aromatic rings. The summed E-state index contributed by atoms with van der Waals surface area (Å²) in [7, 11) is 0. The lowest BCUT2D eigenvalue weighted by Crippen LogP contribution is -2.39. The van der Waals surface area contributed by atoms with E-state index in [0.29, 0.717) is 11.5 Å². The highest BCUT2D eigenvalue weighted by Crippen LogP contribution is 2.20. The van der Waals surface area contributed by atoms with E-state index in [9.17, 15) is 9.18 Å². The number of hydrogen-bond acceptors (Lipinski definition) is 2. The molecule has 1 aliphatic rings. The lowest BCUT2D eigenvalue weighted by Gasteiger charge is -2.32. The van der Waals surface area contributed by atoms with Crippen molar-refractivity contribution in [3.8, 4) is 0 Å². The standard InChI is InChI=1S/C16H18FN3O/c17-15-3-1-14(2-4-15)16(21)20-8-5-13(6-9-20)11-19-10-7-18-12-19/h1-4,7,10,12-13H,5-6,8-9,11H2. The van der Waals surface area contributed by atoms with E-state index in [0.717, 1.165) is 32.5 Å². The second-order valence-corrected chi connectivity index (χ2v) is 5.50. The van der Waals surface area contributed by atoms with Crippen LogP contribution in [0.15, 0.2) is 43.0 Å². The first-order valence-corrected chi connectivity index (χ1v) is 7.23. The number of hydrogen-bond donors (Lipinski definition) is 0. The number of imidazole rings is 1. The number of likely N-dealkylation sites (tertiary alicyclic amines) is 1. The summed E-state index contributed by atoms with van der Waals surface area (Å²) in [5.74, 6) is 0.262. The molecule has 0 radical (unpaired) electrons. The van der Waals surface area contributed by atoms with Gasteiger partial charge in [-0.15, -0.1) is 0 Å². The first kappa shape index (κ1) is 13.8. The fourth-order valence-corrected chi connectivity index (χ4v) is 2.79. The van der Waals surface area contributed by atoms with Crippen LogP contribution in [0, 0.1) is 11.7 Å². The van der Waals surface area contributed by atoms with Gasteiger partial charge in [0.2, 0.25) is 0 Å². The molecule has 4 nitrogen and oxygen atoms in total. The molecule has 3 rings (SSSR count). The molecule has 1 fully saturated rings. The molecule has 2 heterocycles. The van der Waals surface area contributed by atoms with E-state index in [1.807, 2.05) is 17.4 Å². The molecule has 1 amide bonds. The minimum absolute atomic E-state index is 0.00363. The van der Waals surface area contributed by atoms with Gasteiger partial charge in [0.15, 0.2) is 0 Å². The first-order chi connectivity index (χ1) is 10.2. The van der Waals surface area contributed by atoms with Crippen molar-refractivity contribution in [2.45, 2.75) is 19.4 Å². The van der Waals surface area contributed by atoms with Crippen molar-refractivity contribution in [2.24, 2.45) is 5.92 Å². The predicted molar refractivity (Wildman–Crippen MR) is 77.3 cm³/mol.